The second-order valence-corrected chi connectivity index (χ2v) is 7.33. The number of hydrogen-bond donors (Lipinski definition) is 2. The number of carbonyl (C=O) groups excluding carboxylic acids is 1. The first kappa shape index (κ1) is 23.1. The third-order valence-corrected chi connectivity index (χ3v) is 4.85. The second-order valence-electron chi connectivity index (χ2n) is 7.33. The molecule has 7 nitrogen and oxygen atoms in total. The first-order chi connectivity index (χ1) is 13.2. The van der Waals surface area contributed by atoms with Crippen molar-refractivity contribution < 1.29 is 23.1 Å². The van der Waals surface area contributed by atoms with Gasteiger partial charge in [-0.1, -0.05) is 13.8 Å². The Labute approximate surface area is 172 Å². The summed E-state index contributed by atoms with van der Waals surface area (Å²) in [5.74, 6) is -2.62. The normalized spacial score (nSPS) is 21.0. The Morgan fingerprint density at radius 2 is 1.86 bits per heavy atom. The lowest BCUT2D eigenvalue weighted by molar-refractivity contribution is -0.178. The van der Waals surface area contributed by atoms with E-state index in [-0.39, 0.29) is 37.8 Å². The van der Waals surface area contributed by atoms with E-state index < -0.39 is 30.1 Å². The average Bonchev–Trinajstić information content (AvgIpc) is 2.65. The number of anilines is 1. The highest BCUT2D eigenvalue weighted by Crippen LogP contribution is 2.36. The van der Waals surface area contributed by atoms with E-state index in [0.29, 0.717) is 16.9 Å². The molecule has 0 saturated carbocycles. The molecule has 0 aliphatic carbocycles. The van der Waals surface area contributed by atoms with E-state index in [9.17, 15) is 23.1 Å². The molecule has 0 spiro atoms. The summed E-state index contributed by atoms with van der Waals surface area (Å²) in [7, 11) is 0. The van der Waals surface area contributed by atoms with Crippen LogP contribution >= 0.6 is 12.4 Å². The minimum absolute atomic E-state index is 0. The van der Waals surface area contributed by atoms with Crippen LogP contribution in [-0.2, 0) is 4.79 Å². The number of halogens is 4. The standard InChI is InChI=1S/C18H22F3N5O2.ClH/c1-10(2)15(27)17(28)25-12-7-11(18(19,20)21)8-26(9-12)13-3-4-23-16-14(13)22-5-6-24-16;/h3-6,10-12,15,27H,7-9H2,1-2H3,(H,25,28);1H/t11-,12+,15+;/m1./s1. The Balaban J connectivity index is 0.00000300. The number of fused-ring (bicyclic) bond motifs is 1. The van der Waals surface area contributed by atoms with Crippen LogP contribution in [0.25, 0.3) is 11.2 Å². The Morgan fingerprint density at radius 3 is 2.52 bits per heavy atom. The molecule has 0 radical (unpaired) electrons. The summed E-state index contributed by atoms with van der Waals surface area (Å²) < 4.78 is 40.5. The molecule has 1 amide bonds. The minimum Gasteiger partial charge on any atom is -0.383 e. The lowest BCUT2D eigenvalue weighted by Gasteiger charge is -2.40. The van der Waals surface area contributed by atoms with Gasteiger partial charge in [0, 0.05) is 37.7 Å². The molecule has 1 fully saturated rings. The molecule has 160 valence electrons. The molecule has 1 aliphatic heterocycles. The van der Waals surface area contributed by atoms with Crippen molar-refractivity contribution in [2.24, 2.45) is 11.8 Å². The van der Waals surface area contributed by atoms with Crippen molar-refractivity contribution in [3.63, 3.8) is 0 Å². The maximum absolute atomic E-state index is 13.5. The van der Waals surface area contributed by atoms with E-state index in [1.165, 1.54) is 18.6 Å². The summed E-state index contributed by atoms with van der Waals surface area (Å²) in [6, 6.07) is 0.832. The summed E-state index contributed by atoms with van der Waals surface area (Å²) in [5.41, 5.74) is 1.22. The van der Waals surface area contributed by atoms with E-state index in [1.54, 1.807) is 24.8 Å². The van der Waals surface area contributed by atoms with Crippen molar-refractivity contribution in [1.82, 2.24) is 20.3 Å². The van der Waals surface area contributed by atoms with E-state index in [1.807, 2.05) is 0 Å². The van der Waals surface area contributed by atoms with Crippen LogP contribution in [-0.4, -0.2) is 57.4 Å². The predicted octanol–water partition coefficient (Wildman–Crippen LogP) is 2.34. The Hall–Kier alpha value is -2.20. The van der Waals surface area contributed by atoms with E-state index in [0.717, 1.165) is 0 Å². The van der Waals surface area contributed by atoms with Gasteiger partial charge < -0.3 is 15.3 Å². The van der Waals surface area contributed by atoms with Gasteiger partial charge in [0.25, 0.3) is 0 Å². The number of piperidine rings is 1. The number of nitrogens with zero attached hydrogens (tertiary/aromatic N) is 4. The van der Waals surface area contributed by atoms with Gasteiger partial charge in [0.15, 0.2) is 5.65 Å². The SMILES string of the molecule is CC(C)[C@H](O)C(=O)N[C@H]1C[C@@H](C(F)(F)F)CN(c2ccnc3nccnc23)C1.Cl. The summed E-state index contributed by atoms with van der Waals surface area (Å²) in [5, 5.41) is 12.5. The topological polar surface area (TPSA) is 91.2 Å². The maximum atomic E-state index is 13.5. The summed E-state index contributed by atoms with van der Waals surface area (Å²) in [4.78, 5) is 26.1. The van der Waals surface area contributed by atoms with E-state index in [2.05, 4.69) is 20.3 Å². The van der Waals surface area contributed by atoms with Crippen LogP contribution in [0, 0.1) is 11.8 Å². The third-order valence-electron chi connectivity index (χ3n) is 4.85. The molecule has 2 aromatic heterocycles. The number of hydrogen-bond acceptors (Lipinski definition) is 6. The van der Waals surface area contributed by atoms with E-state index in [4.69, 9.17) is 0 Å². The monoisotopic (exact) mass is 433 g/mol. The zero-order valence-corrected chi connectivity index (χ0v) is 16.7. The number of aliphatic hydroxyl groups excluding tert-OH is 1. The van der Waals surface area contributed by atoms with Gasteiger partial charge in [-0.25, -0.2) is 15.0 Å². The molecule has 2 N–H and O–H groups in total. The van der Waals surface area contributed by atoms with Crippen LogP contribution in [0.2, 0.25) is 0 Å². The fourth-order valence-corrected chi connectivity index (χ4v) is 3.35. The second kappa shape index (κ2) is 9.08. The highest BCUT2D eigenvalue weighted by atomic mass is 35.5. The van der Waals surface area contributed by atoms with Gasteiger partial charge in [-0.2, -0.15) is 13.2 Å². The van der Waals surface area contributed by atoms with Crippen LogP contribution in [0.15, 0.2) is 24.7 Å². The highest BCUT2D eigenvalue weighted by molar-refractivity contribution is 5.86. The Morgan fingerprint density at radius 1 is 1.21 bits per heavy atom. The van der Waals surface area contributed by atoms with Gasteiger partial charge in [-0.3, -0.25) is 4.79 Å². The molecular weight excluding hydrogens is 411 g/mol. The van der Waals surface area contributed by atoms with Gasteiger partial charge in [-0.15, -0.1) is 12.4 Å². The first-order valence-electron chi connectivity index (χ1n) is 9.02. The number of aliphatic hydroxyl groups is 1. The van der Waals surface area contributed by atoms with Crippen molar-refractivity contribution in [3.05, 3.63) is 24.7 Å². The average molecular weight is 434 g/mol. The number of pyridine rings is 1. The zero-order chi connectivity index (χ0) is 20.5. The van der Waals surface area contributed by atoms with Crippen LogP contribution < -0.4 is 10.2 Å². The summed E-state index contributed by atoms with van der Waals surface area (Å²) >= 11 is 0. The molecule has 1 saturated heterocycles. The van der Waals surface area contributed by atoms with Gasteiger partial charge in [0.1, 0.15) is 11.6 Å². The molecule has 3 heterocycles. The number of amides is 1. The number of carbonyl (C=O) groups is 1. The molecule has 1 aliphatic rings. The zero-order valence-electron chi connectivity index (χ0n) is 15.9. The molecule has 2 aromatic rings. The van der Waals surface area contributed by atoms with Crippen molar-refractivity contribution in [3.8, 4) is 0 Å². The predicted molar refractivity (Wildman–Crippen MR) is 104 cm³/mol. The van der Waals surface area contributed by atoms with E-state index >= 15 is 0 Å². The highest BCUT2D eigenvalue weighted by Gasteiger charge is 2.45. The largest absolute Gasteiger partial charge is 0.393 e. The first-order valence-corrected chi connectivity index (χ1v) is 9.02. The fraction of sp³-hybridized carbons (Fsp3) is 0.556. The van der Waals surface area contributed by atoms with Crippen molar-refractivity contribution in [2.45, 2.75) is 38.6 Å². The smallest absolute Gasteiger partial charge is 0.383 e. The van der Waals surface area contributed by atoms with Gasteiger partial charge in [0.2, 0.25) is 5.91 Å². The van der Waals surface area contributed by atoms with Crippen molar-refractivity contribution in [1.29, 1.82) is 0 Å². The van der Waals surface area contributed by atoms with Crippen molar-refractivity contribution >= 4 is 35.2 Å². The number of nitrogens with one attached hydrogen (secondary N) is 1. The van der Waals surface area contributed by atoms with Crippen LogP contribution in [0.1, 0.15) is 20.3 Å². The van der Waals surface area contributed by atoms with Gasteiger partial charge >= 0.3 is 6.18 Å². The lowest BCUT2D eigenvalue weighted by atomic mass is 9.92. The Kier molecular flexibility index (Phi) is 7.23. The maximum Gasteiger partial charge on any atom is 0.393 e. The molecular formula is C18H23ClF3N5O2. The number of rotatable bonds is 4. The quantitative estimate of drug-likeness (QED) is 0.769. The minimum atomic E-state index is -4.41. The molecule has 11 heteroatoms. The Bertz CT molecular complexity index is 846. The molecule has 0 bridgehead atoms. The third kappa shape index (κ3) is 5.24. The van der Waals surface area contributed by atoms with Crippen molar-refractivity contribution in [2.75, 3.05) is 18.0 Å². The molecule has 29 heavy (non-hydrogen) atoms. The van der Waals surface area contributed by atoms with Crippen LogP contribution in [0.5, 0.6) is 0 Å². The molecule has 0 unspecified atom stereocenters. The lowest BCUT2D eigenvalue weighted by Crippen LogP contribution is -2.55. The summed E-state index contributed by atoms with van der Waals surface area (Å²) in [6.07, 6.45) is -1.54. The van der Waals surface area contributed by atoms with Crippen LogP contribution in [0.4, 0.5) is 18.9 Å². The number of aromatic nitrogens is 3. The van der Waals surface area contributed by atoms with Gasteiger partial charge in [-0.05, 0) is 18.4 Å². The fourth-order valence-electron chi connectivity index (χ4n) is 3.35. The van der Waals surface area contributed by atoms with Crippen LogP contribution in [0.3, 0.4) is 0 Å². The molecule has 3 atom stereocenters. The number of alkyl halides is 3. The molecule has 3 rings (SSSR count). The van der Waals surface area contributed by atoms with Gasteiger partial charge in [0.05, 0.1) is 11.6 Å². The summed E-state index contributed by atoms with van der Waals surface area (Å²) in [6.45, 7) is 3.24. The molecule has 0 aromatic carbocycles.